The third kappa shape index (κ3) is 5.44. The van der Waals surface area contributed by atoms with Gasteiger partial charge in [0.2, 0.25) is 0 Å². The molecule has 1 aliphatic rings. The number of aromatic nitrogens is 1. The maximum Gasteiger partial charge on any atom is 0.491 e. The lowest BCUT2D eigenvalue weighted by Gasteiger charge is -2.27. The standard InChI is InChI=1S/C20H15F6N3O5S/c1-18(2)15(31)29(17(33)28(18)9-10-5-6-27-8-13(10)30)12-4-3-11(35-20(24,25)26)7-14(12)34-16(32)19(21,22)23/h3-8,30H,9H2,1-2H3. The fourth-order valence-electron chi connectivity index (χ4n) is 3.15. The van der Waals surface area contributed by atoms with E-state index in [2.05, 4.69) is 9.72 Å². The predicted molar refractivity (Wildman–Crippen MR) is 108 cm³/mol. The van der Waals surface area contributed by atoms with Gasteiger partial charge in [-0.1, -0.05) is 0 Å². The Hall–Kier alpha value is -3.49. The van der Waals surface area contributed by atoms with E-state index in [4.69, 9.17) is 0 Å². The van der Waals surface area contributed by atoms with E-state index in [1.807, 2.05) is 0 Å². The first-order chi connectivity index (χ1) is 16.0. The summed E-state index contributed by atoms with van der Waals surface area (Å²) in [5, 5.41) is 9.96. The highest BCUT2D eigenvalue weighted by Crippen LogP contribution is 2.43. The van der Waals surface area contributed by atoms with Crippen LogP contribution in [0.3, 0.4) is 0 Å². The van der Waals surface area contributed by atoms with Crippen LogP contribution in [0.1, 0.15) is 19.4 Å². The Morgan fingerprint density at radius 3 is 2.37 bits per heavy atom. The van der Waals surface area contributed by atoms with Gasteiger partial charge in [-0.3, -0.25) is 9.78 Å². The molecule has 35 heavy (non-hydrogen) atoms. The molecule has 188 valence electrons. The molecule has 1 aromatic heterocycles. The van der Waals surface area contributed by atoms with Crippen LogP contribution in [0.4, 0.5) is 36.8 Å². The summed E-state index contributed by atoms with van der Waals surface area (Å²) in [6.45, 7) is 2.32. The number of rotatable bonds is 5. The summed E-state index contributed by atoms with van der Waals surface area (Å²) in [6.07, 6.45) is -3.10. The number of carbonyl (C=O) groups excluding carboxylic acids is 3. The van der Waals surface area contributed by atoms with Gasteiger partial charge in [0.15, 0.2) is 5.75 Å². The lowest BCUT2D eigenvalue weighted by Crippen LogP contribution is -2.43. The summed E-state index contributed by atoms with van der Waals surface area (Å²) in [4.78, 5) is 42.1. The van der Waals surface area contributed by atoms with Crippen molar-refractivity contribution in [2.45, 2.75) is 42.5 Å². The fourth-order valence-corrected chi connectivity index (χ4v) is 3.72. The van der Waals surface area contributed by atoms with Crippen LogP contribution in [0.25, 0.3) is 0 Å². The van der Waals surface area contributed by atoms with Crippen molar-refractivity contribution >= 4 is 35.4 Å². The summed E-state index contributed by atoms with van der Waals surface area (Å²) < 4.78 is 80.9. The molecule has 3 amide bonds. The summed E-state index contributed by atoms with van der Waals surface area (Å²) in [7, 11) is 0. The third-order valence-electron chi connectivity index (χ3n) is 4.88. The number of esters is 1. The van der Waals surface area contributed by atoms with Gasteiger partial charge in [0, 0.05) is 16.7 Å². The molecule has 2 heterocycles. The van der Waals surface area contributed by atoms with E-state index in [9.17, 15) is 45.8 Å². The number of carbonyl (C=O) groups is 3. The average Bonchev–Trinajstić information content (AvgIpc) is 2.88. The highest BCUT2D eigenvalue weighted by atomic mass is 32.2. The minimum absolute atomic E-state index is 0.191. The van der Waals surface area contributed by atoms with Crippen LogP contribution >= 0.6 is 11.8 Å². The molecule has 15 heteroatoms. The Labute approximate surface area is 197 Å². The first-order valence-corrected chi connectivity index (χ1v) is 10.3. The molecule has 0 unspecified atom stereocenters. The van der Waals surface area contributed by atoms with Crippen LogP contribution in [0.2, 0.25) is 0 Å². The molecule has 1 N–H and O–H groups in total. The van der Waals surface area contributed by atoms with Crippen LogP contribution in [-0.4, -0.2) is 50.1 Å². The van der Waals surface area contributed by atoms with E-state index in [0.29, 0.717) is 11.0 Å². The van der Waals surface area contributed by atoms with Gasteiger partial charge in [0.05, 0.1) is 18.4 Å². The number of hydrogen-bond acceptors (Lipinski definition) is 7. The molecule has 0 spiro atoms. The molecule has 1 aliphatic heterocycles. The number of nitrogens with zero attached hydrogens (tertiary/aromatic N) is 3. The van der Waals surface area contributed by atoms with Crippen molar-refractivity contribution in [2.24, 2.45) is 0 Å². The summed E-state index contributed by atoms with van der Waals surface area (Å²) in [5.41, 5.74) is -6.90. The van der Waals surface area contributed by atoms with Crippen molar-refractivity contribution in [2.75, 3.05) is 4.90 Å². The van der Waals surface area contributed by atoms with E-state index >= 15 is 0 Å². The Kier molecular flexibility index (Phi) is 6.67. The topological polar surface area (TPSA) is 100 Å². The molecule has 0 bridgehead atoms. The van der Waals surface area contributed by atoms with Crippen LogP contribution in [0.5, 0.6) is 11.5 Å². The van der Waals surface area contributed by atoms with Gasteiger partial charge < -0.3 is 14.7 Å². The zero-order valence-electron chi connectivity index (χ0n) is 17.8. The average molecular weight is 523 g/mol. The number of thioether (sulfide) groups is 1. The first kappa shape index (κ1) is 26.1. The number of alkyl halides is 6. The second-order valence-electron chi connectivity index (χ2n) is 7.64. The van der Waals surface area contributed by atoms with Crippen molar-refractivity contribution in [1.29, 1.82) is 0 Å². The second kappa shape index (κ2) is 8.94. The van der Waals surface area contributed by atoms with Gasteiger partial charge in [-0.2, -0.15) is 26.3 Å². The Morgan fingerprint density at radius 1 is 1.14 bits per heavy atom. The molecule has 1 saturated heterocycles. The number of hydrogen-bond donors (Lipinski definition) is 1. The number of pyridine rings is 1. The van der Waals surface area contributed by atoms with Crippen molar-refractivity contribution in [3.05, 3.63) is 42.2 Å². The molecule has 0 saturated carbocycles. The van der Waals surface area contributed by atoms with Gasteiger partial charge in [0.25, 0.3) is 5.91 Å². The van der Waals surface area contributed by atoms with E-state index < -0.39 is 63.2 Å². The van der Waals surface area contributed by atoms with Crippen molar-refractivity contribution < 1.29 is 50.6 Å². The first-order valence-electron chi connectivity index (χ1n) is 9.49. The van der Waals surface area contributed by atoms with Crippen LogP contribution in [0.15, 0.2) is 41.6 Å². The Morgan fingerprint density at radius 2 is 1.80 bits per heavy atom. The minimum atomic E-state index is -5.51. The largest absolute Gasteiger partial charge is 0.506 e. The smallest absolute Gasteiger partial charge is 0.491 e. The highest BCUT2D eigenvalue weighted by molar-refractivity contribution is 8.00. The molecule has 0 radical (unpaired) electrons. The number of benzene rings is 1. The molecule has 2 aromatic rings. The van der Waals surface area contributed by atoms with Crippen LogP contribution in [-0.2, 0) is 16.1 Å². The maximum atomic E-state index is 13.2. The number of halogens is 6. The van der Waals surface area contributed by atoms with Crippen LogP contribution in [0, 0.1) is 0 Å². The number of imide groups is 1. The monoisotopic (exact) mass is 523 g/mol. The summed E-state index contributed by atoms with van der Waals surface area (Å²) in [6, 6.07) is 2.35. The second-order valence-corrected chi connectivity index (χ2v) is 8.78. The van der Waals surface area contributed by atoms with Crippen LogP contribution < -0.4 is 9.64 Å². The number of anilines is 1. The Bertz CT molecular complexity index is 1180. The number of ether oxygens (including phenoxy) is 1. The lowest BCUT2D eigenvalue weighted by atomic mass is 10.0. The van der Waals surface area contributed by atoms with Gasteiger partial charge in [-0.15, -0.1) is 0 Å². The quantitative estimate of drug-likeness (QED) is 0.201. The molecular weight excluding hydrogens is 508 g/mol. The fraction of sp³-hybridized carbons (Fsp3) is 0.300. The van der Waals surface area contributed by atoms with Gasteiger partial charge in [0.1, 0.15) is 11.3 Å². The normalized spacial score (nSPS) is 16.1. The molecule has 3 rings (SSSR count). The number of amides is 3. The molecular formula is C20H15F6N3O5S. The number of urea groups is 1. The maximum absolute atomic E-state index is 13.2. The SMILES string of the molecule is CC1(C)C(=O)N(c2ccc(SC(F)(F)F)cc2OC(=O)C(F)(F)F)C(=O)N1Cc1ccncc1O. The zero-order chi connectivity index (χ0) is 26.3. The molecule has 1 aromatic carbocycles. The molecule has 0 aliphatic carbocycles. The summed E-state index contributed by atoms with van der Waals surface area (Å²) >= 11 is -0.699. The van der Waals surface area contributed by atoms with E-state index in [0.717, 1.165) is 23.2 Å². The van der Waals surface area contributed by atoms with Gasteiger partial charge in [-0.05, 0) is 49.9 Å². The molecule has 8 nitrogen and oxygen atoms in total. The zero-order valence-corrected chi connectivity index (χ0v) is 18.6. The van der Waals surface area contributed by atoms with Gasteiger partial charge in [-0.25, -0.2) is 14.5 Å². The Balaban J connectivity index is 2.06. The molecule has 1 fully saturated rings. The van der Waals surface area contributed by atoms with Gasteiger partial charge >= 0.3 is 23.7 Å². The highest BCUT2D eigenvalue weighted by Gasteiger charge is 2.53. The third-order valence-corrected chi connectivity index (χ3v) is 5.60. The number of aromatic hydroxyl groups is 1. The van der Waals surface area contributed by atoms with Crippen molar-refractivity contribution in [3.8, 4) is 11.5 Å². The van der Waals surface area contributed by atoms with Crippen molar-refractivity contribution in [3.63, 3.8) is 0 Å². The van der Waals surface area contributed by atoms with Crippen molar-refractivity contribution in [1.82, 2.24) is 9.88 Å². The lowest BCUT2D eigenvalue weighted by molar-refractivity contribution is -0.189. The summed E-state index contributed by atoms with van der Waals surface area (Å²) in [5.74, 6) is -5.09. The van der Waals surface area contributed by atoms with E-state index in [-0.39, 0.29) is 17.9 Å². The van der Waals surface area contributed by atoms with E-state index in [1.165, 1.54) is 26.1 Å². The predicted octanol–water partition coefficient (Wildman–Crippen LogP) is 4.61. The molecule has 0 atom stereocenters. The minimum Gasteiger partial charge on any atom is -0.506 e. The van der Waals surface area contributed by atoms with E-state index in [1.54, 1.807) is 0 Å².